The van der Waals surface area contributed by atoms with Gasteiger partial charge < -0.3 is 19.5 Å². The number of carbonyl (C=O) groups excluding carboxylic acids is 2. The average molecular weight is 460 g/mol. The van der Waals surface area contributed by atoms with Crippen molar-refractivity contribution < 1.29 is 24.2 Å². The molecule has 29 heavy (non-hydrogen) atoms. The number of hydrogen-bond acceptors (Lipinski definition) is 5. The normalized spacial score (nSPS) is 18.3. The molecule has 2 aromatic carbocycles. The summed E-state index contributed by atoms with van der Waals surface area (Å²) in [5, 5.41) is 11.1. The fourth-order valence-electron chi connectivity index (χ4n) is 3.50. The number of likely N-dealkylation sites (tertiary alicyclic amines) is 1. The minimum absolute atomic E-state index is 0.0671. The second kappa shape index (κ2) is 8.80. The van der Waals surface area contributed by atoms with E-state index in [0.717, 1.165) is 15.6 Å². The third-order valence-electron chi connectivity index (χ3n) is 4.93. The van der Waals surface area contributed by atoms with E-state index in [-0.39, 0.29) is 24.5 Å². The van der Waals surface area contributed by atoms with Crippen molar-refractivity contribution in [3.8, 4) is 5.75 Å². The van der Waals surface area contributed by atoms with Gasteiger partial charge in [-0.2, -0.15) is 0 Å². The van der Waals surface area contributed by atoms with Crippen molar-refractivity contribution in [1.29, 1.82) is 0 Å². The highest BCUT2D eigenvalue weighted by atomic mass is 79.9. The zero-order chi connectivity index (χ0) is 21.1. The molecular weight excluding hydrogens is 438 g/mol. The molecule has 0 unspecified atom stereocenters. The van der Waals surface area contributed by atoms with Crippen molar-refractivity contribution >= 4 is 33.4 Å². The van der Waals surface area contributed by atoms with Crippen LogP contribution in [0.1, 0.15) is 22.7 Å². The Balaban J connectivity index is 2.19. The molecule has 1 N–H and O–H groups in total. The molecule has 1 aliphatic heterocycles. The van der Waals surface area contributed by atoms with E-state index in [9.17, 15) is 14.7 Å². The number of rotatable bonds is 6. The van der Waals surface area contributed by atoms with E-state index in [1.807, 2.05) is 31.2 Å². The van der Waals surface area contributed by atoms with Gasteiger partial charge in [-0.25, -0.2) is 0 Å². The molecule has 0 aromatic heterocycles. The van der Waals surface area contributed by atoms with Crippen LogP contribution in [0.5, 0.6) is 5.75 Å². The first-order valence-electron chi connectivity index (χ1n) is 9.06. The first-order chi connectivity index (χ1) is 13.9. The Morgan fingerprint density at radius 2 is 1.93 bits per heavy atom. The summed E-state index contributed by atoms with van der Waals surface area (Å²) >= 11 is 3.44. The van der Waals surface area contributed by atoms with Crippen molar-refractivity contribution in [2.24, 2.45) is 0 Å². The molecule has 0 aliphatic carbocycles. The zero-order valence-corrected chi connectivity index (χ0v) is 18.0. The van der Waals surface area contributed by atoms with Gasteiger partial charge in [-0.15, -0.1) is 0 Å². The molecular formula is C22H22BrNO5. The summed E-state index contributed by atoms with van der Waals surface area (Å²) in [7, 11) is 3.09. The first kappa shape index (κ1) is 21.1. The number of amides is 1. The predicted molar refractivity (Wildman–Crippen MR) is 113 cm³/mol. The van der Waals surface area contributed by atoms with Gasteiger partial charge in [0, 0.05) is 23.7 Å². The molecule has 0 spiro atoms. The summed E-state index contributed by atoms with van der Waals surface area (Å²) in [4.78, 5) is 27.1. The number of benzene rings is 2. The van der Waals surface area contributed by atoms with E-state index in [1.165, 1.54) is 12.0 Å². The molecule has 1 aliphatic rings. The Kier molecular flexibility index (Phi) is 6.39. The van der Waals surface area contributed by atoms with Crippen LogP contribution >= 0.6 is 15.9 Å². The third kappa shape index (κ3) is 4.06. The SMILES string of the molecule is COCCN1C(=O)C(=O)C(=C(O)c2ccc(OC)cc2C)[C@@H]1c1cccc(Br)c1. The fourth-order valence-corrected chi connectivity index (χ4v) is 3.91. The van der Waals surface area contributed by atoms with E-state index in [0.29, 0.717) is 11.3 Å². The predicted octanol–water partition coefficient (Wildman–Crippen LogP) is 3.83. The van der Waals surface area contributed by atoms with Gasteiger partial charge in [0.15, 0.2) is 0 Å². The molecule has 1 fully saturated rings. The van der Waals surface area contributed by atoms with Crippen LogP contribution in [0.15, 0.2) is 52.5 Å². The van der Waals surface area contributed by atoms with Crippen molar-refractivity contribution in [3.05, 3.63) is 69.2 Å². The maximum atomic E-state index is 12.9. The monoisotopic (exact) mass is 459 g/mol. The second-order valence-corrected chi connectivity index (χ2v) is 7.64. The Morgan fingerprint density at radius 1 is 1.17 bits per heavy atom. The van der Waals surface area contributed by atoms with Crippen molar-refractivity contribution in [2.75, 3.05) is 27.4 Å². The lowest BCUT2D eigenvalue weighted by Crippen LogP contribution is -2.32. The van der Waals surface area contributed by atoms with Gasteiger partial charge in [0.2, 0.25) is 0 Å². The van der Waals surface area contributed by atoms with E-state index in [1.54, 1.807) is 25.3 Å². The Morgan fingerprint density at radius 3 is 2.55 bits per heavy atom. The molecule has 0 radical (unpaired) electrons. The number of aliphatic hydroxyl groups excluding tert-OH is 1. The second-order valence-electron chi connectivity index (χ2n) is 6.72. The van der Waals surface area contributed by atoms with Crippen LogP contribution in [0.3, 0.4) is 0 Å². The molecule has 3 rings (SSSR count). The highest BCUT2D eigenvalue weighted by Gasteiger charge is 2.46. The average Bonchev–Trinajstić information content (AvgIpc) is 2.96. The number of nitrogens with zero attached hydrogens (tertiary/aromatic N) is 1. The lowest BCUT2D eigenvalue weighted by molar-refractivity contribution is -0.140. The van der Waals surface area contributed by atoms with Crippen LogP contribution in [-0.4, -0.2) is 49.1 Å². The quantitative estimate of drug-likeness (QED) is 0.403. The number of methoxy groups -OCH3 is 2. The summed E-state index contributed by atoms with van der Waals surface area (Å²) in [5.74, 6) is -0.921. The Labute approximate surface area is 177 Å². The van der Waals surface area contributed by atoms with Crippen LogP contribution in [-0.2, 0) is 14.3 Å². The van der Waals surface area contributed by atoms with E-state index in [4.69, 9.17) is 9.47 Å². The molecule has 0 saturated carbocycles. The number of Topliss-reactive ketones (excluding diaryl/α,β-unsaturated/α-hetero) is 1. The Hall–Kier alpha value is -2.64. The molecule has 152 valence electrons. The van der Waals surface area contributed by atoms with Crippen LogP contribution < -0.4 is 4.74 Å². The van der Waals surface area contributed by atoms with Gasteiger partial charge >= 0.3 is 0 Å². The minimum atomic E-state index is -0.709. The van der Waals surface area contributed by atoms with Crippen molar-refractivity contribution in [1.82, 2.24) is 4.90 Å². The first-order valence-corrected chi connectivity index (χ1v) is 9.86. The van der Waals surface area contributed by atoms with Crippen LogP contribution in [0.25, 0.3) is 5.76 Å². The maximum absolute atomic E-state index is 12.9. The fraction of sp³-hybridized carbons (Fsp3) is 0.273. The number of hydrogen-bond donors (Lipinski definition) is 1. The topological polar surface area (TPSA) is 76.1 Å². The van der Waals surface area contributed by atoms with E-state index in [2.05, 4.69) is 15.9 Å². The summed E-state index contributed by atoms with van der Waals surface area (Å²) in [6.07, 6.45) is 0. The lowest BCUT2D eigenvalue weighted by Gasteiger charge is -2.25. The van der Waals surface area contributed by atoms with Crippen molar-refractivity contribution in [3.63, 3.8) is 0 Å². The van der Waals surface area contributed by atoms with Crippen LogP contribution in [0.4, 0.5) is 0 Å². The van der Waals surface area contributed by atoms with E-state index >= 15 is 0 Å². The van der Waals surface area contributed by atoms with Gasteiger partial charge in [-0.3, -0.25) is 9.59 Å². The largest absolute Gasteiger partial charge is 0.507 e. The van der Waals surface area contributed by atoms with Gasteiger partial charge in [0.05, 0.1) is 25.3 Å². The minimum Gasteiger partial charge on any atom is -0.507 e. The molecule has 1 saturated heterocycles. The van der Waals surface area contributed by atoms with Gasteiger partial charge in [-0.05, 0) is 48.4 Å². The number of aryl methyl sites for hydroxylation is 1. The molecule has 1 heterocycles. The van der Waals surface area contributed by atoms with Gasteiger partial charge in [-0.1, -0.05) is 28.1 Å². The molecule has 2 aromatic rings. The van der Waals surface area contributed by atoms with Crippen LogP contribution in [0.2, 0.25) is 0 Å². The summed E-state index contributed by atoms with van der Waals surface area (Å²) in [6.45, 7) is 2.32. The highest BCUT2D eigenvalue weighted by molar-refractivity contribution is 9.10. The van der Waals surface area contributed by atoms with Gasteiger partial charge in [0.25, 0.3) is 11.7 Å². The Bertz CT molecular complexity index is 985. The number of ether oxygens (including phenoxy) is 2. The molecule has 1 atom stereocenters. The highest BCUT2D eigenvalue weighted by Crippen LogP contribution is 2.40. The maximum Gasteiger partial charge on any atom is 0.295 e. The number of carbonyl (C=O) groups is 2. The standard InChI is InChI=1S/C22H22BrNO5/c1-13-11-16(29-3)7-8-17(13)20(25)18-19(14-5-4-6-15(23)12-14)24(9-10-28-2)22(27)21(18)26/h4-8,11-12,19,25H,9-10H2,1-3H3/t19-/m0/s1. The molecule has 7 heteroatoms. The smallest absolute Gasteiger partial charge is 0.295 e. The summed E-state index contributed by atoms with van der Waals surface area (Å²) < 4.78 is 11.1. The van der Waals surface area contributed by atoms with Crippen LogP contribution in [0, 0.1) is 6.92 Å². The zero-order valence-electron chi connectivity index (χ0n) is 16.4. The number of ketones is 1. The molecule has 0 bridgehead atoms. The molecule has 1 amide bonds. The third-order valence-corrected chi connectivity index (χ3v) is 5.42. The molecule has 6 nitrogen and oxygen atoms in total. The van der Waals surface area contributed by atoms with Gasteiger partial charge in [0.1, 0.15) is 11.5 Å². The summed E-state index contributed by atoms with van der Waals surface area (Å²) in [5.41, 5.74) is 2.01. The number of aliphatic hydroxyl groups is 1. The lowest BCUT2D eigenvalue weighted by atomic mass is 9.94. The van der Waals surface area contributed by atoms with Crippen molar-refractivity contribution in [2.45, 2.75) is 13.0 Å². The van der Waals surface area contributed by atoms with E-state index < -0.39 is 17.7 Å². The number of halogens is 1. The summed E-state index contributed by atoms with van der Waals surface area (Å²) in [6, 6.07) is 11.8.